The second kappa shape index (κ2) is 6.58. The molecule has 0 saturated heterocycles. The lowest BCUT2D eigenvalue weighted by Gasteiger charge is -2.09. The zero-order valence-corrected chi connectivity index (χ0v) is 13.3. The molecule has 2 heterocycles. The molecule has 2 aromatic heterocycles. The van der Waals surface area contributed by atoms with Crippen molar-refractivity contribution < 1.29 is 4.79 Å². The van der Waals surface area contributed by atoms with E-state index in [0.717, 1.165) is 16.1 Å². The number of hydrogen-bond donors (Lipinski definition) is 1. The summed E-state index contributed by atoms with van der Waals surface area (Å²) < 4.78 is 1.18. The van der Waals surface area contributed by atoms with Crippen molar-refractivity contribution in [2.75, 3.05) is 5.32 Å². The fourth-order valence-corrected chi connectivity index (χ4v) is 2.85. The quantitative estimate of drug-likeness (QED) is 0.802. The molecular weight excluding hydrogens is 310 g/mol. The van der Waals surface area contributed by atoms with Crippen molar-refractivity contribution in [1.82, 2.24) is 9.78 Å². The van der Waals surface area contributed by atoms with Gasteiger partial charge in [-0.2, -0.15) is 5.10 Å². The van der Waals surface area contributed by atoms with Gasteiger partial charge in [0.2, 0.25) is 5.91 Å². The molecule has 3 rings (SSSR count). The van der Waals surface area contributed by atoms with Gasteiger partial charge in [0.25, 0.3) is 5.56 Å². The van der Waals surface area contributed by atoms with Crippen LogP contribution in [0.1, 0.15) is 5.56 Å². The van der Waals surface area contributed by atoms with E-state index in [1.165, 1.54) is 22.1 Å². The van der Waals surface area contributed by atoms with Crippen molar-refractivity contribution >= 4 is 22.9 Å². The van der Waals surface area contributed by atoms with Gasteiger partial charge in [-0.05, 0) is 36.1 Å². The van der Waals surface area contributed by atoms with E-state index in [9.17, 15) is 9.59 Å². The molecule has 116 valence electrons. The normalized spacial score (nSPS) is 10.5. The van der Waals surface area contributed by atoms with Crippen LogP contribution in [-0.4, -0.2) is 15.7 Å². The minimum absolute atomic E-state index is 0.119. The molecule has 6 heteroatoms. The van der Waals surface area contributed by atoms with Crippen LogP contribution in [0.2, 0.25) is 0 Å². The van der Waals surface area contributed by atoms with E-state index in [1.54, 1.807) is 6.07 Å². The molecule has 3 aromatic rings. The van der Waals surface area contributed by atoms with E-state index in [2.05, 4.69) is 10.4 Å². The summed E-state index contributed by atoms with van der Waals surface area (Å²) in [6, 6.07) is 14.4. The zero-order valence-electron chi connectivity index (χ0n) is 12.5. The molecule has 0 aliphatic rings. The van der Waals surface area contributed by atoms with Gasteiger partial charge in [0.05, 0.1) is 4.88 Å². The number of anilines is 1. The van der Waals surface area contributed by atoms with Crippen LogP contribution < -0.4 is 10.9 Å². The number of nitrogens with zero attached hydrogens (tertiary/aromatic N) is 2. The fraction of sp³-hybridized carbons (Fsp3) is 0.118. The Kier molecular flexibility index (Phi) is 4.34. The van der Waals surface area contributed by atoms with E-state index < -0.39 is 0 Å². The van der Waals surface area contributed by atoms with Crippen LogP contribution in [0.15, 0.2) is 58.7 Å². The molecule has 0 aliphatic heterocycles. The second-order valence-corrected chi connectivity index (χ2v) is 6.00. The van der Waals surface area contributed by atoms with E-state index in [0.29, 0.717) is 5.69 Å². The Hall–Kier alpha value is -2.73. The number of carbonyl (C=O) groups is 1. The third-order valence-corrected chi connectivity index (χ3v) is 4.25. The first-order chi connectivity index (χ1) is 11.1. The summed E-state index contributed by atoms with van der Waals surface area (Å²) in [5.74, 6) is -0.280. The molecule has 1 aromatic carbocycles. The lowest BCUT2D eigenvalue weighted by Crippen LogP contribution is -2.29. The Bertz CT molecular complexity index is 885. The smallest absolute Gasteiger partial charge is 0.267 e. The molecule has 0 bridgehead atoms. The van der Waals surface area contributed by atoms with Crippen LogP contribution in [0.25, 0.3) is 10.6 Å². The average Bonchev–Trinajstić information content (AvgIpc) is 3.06. The number of nitrogens with one attached hydrogen (secondary N) is 1. The van der Waals surface area contributed by atoms with Crippen LogP contribution in [0.4, 0.5) is 5.69 Å². The van der Waals surface area contributed by atoms with E-state index in [1.807, 2.05) is 48.7 Å². The van der Waals surface area contributed by atoms with Crippen molar-refractivity contribution in [3.63, 3.8) is 0 Å². The predicted molar refractivity (Wildman–Crippen MR) is 91.6 cm³/mol. The van der Waals surface area contributed by atoms with Crippen LogP contribution >= 0.6 is 11.3 Å². The number of amides is 1. The van der Waals surface area contributed by atoms with Gasteiger partial charge < -0.3 is 5.32 Å². The maximum absolute atomic E-state index is 12.2. The third kappa shape index (κ3) is 3.54. The summed E-state index contributed by atoms with van der Waals surface area (Å²) in [6.07, 6.45) is 0. The maximum Gasteiger partial charge on any atom is 0.267 e. The maximum atomic E-state index is 12.2. The molecule has 0 radical (unpaired) electrons. The predicted octanol–water partition coefficient (Wildman–Crippen LogP) is 2.92. The Morgan fingerprint density at radius 1 is 1.17 bits per heavy atom. The van der Waals surface area contributed by atoms with Gasteiger partial charge in [-0.1, -0.05) is 24.3 Å². The molecular formula is C17H15N3O2S. The van der Waals surface area contributed by atoms with Crippen LogP contribution in [0.5, 0.6) is 0 Å². The molecule has 0 saturated carbocycles. The Morgan fingerprint density at radius 2 is 2.00 bits per heavy atom. The number of hydrogen-bond acceptors (Lipinski definition) is 4. The largest absolute Gasteiger partial charge is 0.324 e. The Morgan fingerprint density at radius 3 is 2.74 bits per heavy atom. The third-order valence-electron chi connectivity index (χ3n) is 3.35. The summed E-state index contributed by atoms with van der Waals surface area (Å²) in [4.78, 5) is 25.1. The molecule has 0 atom stereocenters. The summed E-state index contributed by atoms with van der Waals surface area (Å²) in [5.41, 5.74) is 2.09. The molecule has 0 aliphatic carbocycles. The zero-order chi connectivity index (χ0) is 16.2. The lowest BCUT2D eigenvalue weighted by molar-refractivity contribution is -0.117. The number of para-hydroxylation sites is 1. The lowest BCUT2D eigenvalue weighted by atomic mass is 10.2. The first-order valence-corrected chi connectivity index (χ1v) is 7.99. The van der Waals surface area contributed by atoms with Gasteiger partial charge in [0.1, 0.15) is 12.2 Å². The summed E-state index contributed by atoms with van der Waals surface area (Å²) in [6.45, 7) is 1.80. The monoisotopic (exact) mass is 325 g/mol. The minimum Gasteiger partial charge on any atom is -0.324 e. The molecule has 0 spiro atoms. The fourth-order valence-electron chi connectivity index (χ4n) is 2.16. The van der Waals surface area contributed by atoms with Crippen molar-refractivity contribution in [3.8, 4) is 10.6 Å². The number of aryl methyl sites for hydroxylation is 1. The second-order valence-electron chi connectivity index (χ2n) is 5.05. The summed E-state index contributed by atoms with van der Waals surface area (Å²) in [5, 5.41) is 9.02. The van der Waals surface area contributed by atoms with Gasteiger partial charge in [-0.25, -0.2) is 4.68 Å². The molecule has 1 N–H and O–H groups in total. The molecule has 0 unspecified atom stereocenters. The highest BCUT2D eigenvalue weighted by atomic mass is 32.1. The Balaban J connectivity index is 1.80. The Labute approximate surface area is 137 Å². The van der Waals surface area contributed by atoms with Gasteiger partial charge in [-0.15, -0.1) is 11.3 Å². The highest BCUT2D eigenvalue weighted by molar-refractivity contribution is 7.13. The standard InChI is InChI=1S/C17H15N3O2S/c1-12-5-2-3-6-13(12)18-16(21)11-20-17(22)9-8-14(19-20)15-7-4-10-23-15/h2-10H,11H2,1H3,(H,18,21). The van der Waals surface area contributed by atoms with Crippen molar-refractivity contribution in [2.45, 2.75) is 13.5 Å². The molecule has 23 heavy (non-hydrogen) atoms. The van der Waals surface area contributed by atoms with Gasteiger partial charge in [-0.3, -0.25) is 9.59 Å². The minimum atomic E-state index is -0.301. The first kappa shape index (κ1) is 15.2. The van der Waals surface area contributed by atoms with Crippen molar-refractivity contribution in [2.24, 2.45) is 0 Å². The SMILES string of the molecule is Cc1ccccc1NC(=O)Cn1nc(-c2cccs2)ccc1=O. The van der Waals surface area contributed by atoms with E-state index in [-0.39, 0.29) is 18.0 Å². The number of carbonyl (C=O) groups excluding carboxylic acids is 1. The van der Waals surface area contributed by atoms with Crippen molar-refractivity contribution in [1.29, 1.82) is 0 Å². The van der Waals surface area contributed by atoms with E-state index in [4.69, 9.17) is 0 Å². The summed E-state index contributed by atoms with van der Waals surface area (Å²) in [7, 11) is 0. The number of thiophene rings is 1. The van der Waals surface area contributed by atoms with Crippen LogP contribution in [0, 0.1) is 6.92 Å². The highest BCUT2D eigenvalue weighted by Gasteiger charge is 2.09. The van der Waals surface area contributed by atoms with Gasteiger partial charge in [0, 0.05) is 11.8 Å². The van der Waals surface area contributed by atoms with Crippen LogP contribution in [0.3, 0.4) is 0 Å². The summed E-state index contributed by atoms with van der Waals surface area (Å²) >= 11 is 1.54. The topological polar surface area (TPSA) is 64.0 Å². The highest BCUT2D eigenvalue weighted by Crippen LogP contribution is 2.21. The molecule has 1 amide bonds. The average molecular weight is 325 g/mol. The van der Waals surface area contributed by atoms with Crippen molar-refractivity contribution in [3.05, 3.63) is 69.8 Å². The van der Waals surface area contributed by atoms with Gasteiger partial charge in [0.15, 0.2) is 0 Å². The molecule has 5 nitrogen and oxygen atoms in total. The van der Waals surface area contributed by atoms with E-state index >= 15 is 0 Å². The number of rotatable bonds is 4. The van der Waals surface area contributed by atoms with Gasteiger partial charge >= 0.3 is 0 Å². The number of benzene rings is 1. The first-order valence-electron chi connectivity index (χ1n) is 7.11. The molecule has 0 fully saturated rings. The number of aromatic nitrogens is 2. The van der Waals surface area contributed by atoms with Crippen LogP contribution in [-0.2, 0) is 11.3 Å².